The van der Waals surface area contributed by atoms with E-state index in [1.165, 1.54) is 0 Å². The summed E-state index contributed by atoms with van der Waals surface area (Å²) in [5.41, 5.74) is 0. The summed E-state index contributed by atoms with van der Waals surface area (Å²) in [5, 5.41) is 0. The Hall–Kier alpha value is 0.320. The fourth-order valence-electron chi connectivity index (χ4n) is 1.07. The number of nitrogens with zero attached hydrogens (tertiary/aromatic N) is 2. The molecule has 0 bridgehead atoms. The lowest BCUT2D eigenvalue weighted by Gasteiger charge is -2.25. The second kappa shape index (κ2) is 5.91. The molecule has 4 heteroatoms. The van der Waals surface area contributed by atoms with Crippen molar-refractivity contribution in [1.82, 2.24) is 4.90 Å². The normalized spacial score (nSPS) is 21.2. The molecule has 1 fully saturated rings. The van der Waals surface area contributed by atoms with Crippen molar-refractivity contribution >= 4 is 26.8 Å². The maximum atomic E-state index is 5.22. The van der Waals surface area contributed by atoms with Crippen molar-refractivity contribution in [3.05, 3.63) is 0 Å². The summed E-state index contributed by atoms with van der Waals surface area (Å²) >= 11 is 2.15. The zero-order valence-electron chi connectivity index (χ0n) is 6.50. The van der Waals surface area contributed by atoms with Crippen LogP contribution >= 0.6 is 22.6 Å². The first-order valence-corrected chi connectivity index (χ1v) is 5.06. The van der Waals surface area contributed by atoms with Gasteiger partial charge in [0.25, 0.3) is 0 Å². The molecule has 1 saturated heterocycles. The highest BCUT2D eigenvalue weighted by Gasteiger charge is 2.08. The van der Waals surface area contributed by atoms with Crippen LogP contribution in [-0.2, 0) is 4.74 Å². The van der Waals surface area contributed by atoms with Gasteiger partial charge < -0.3 is 4.74 Å². The molecule has 0 amide bonds. The van der Waals surface area contributed by atoms with Gasteiger partial charge in [-0.3, -0.25) is 9.89 Å². The average Bonchev–Trinajstić information content (AvgIpc) is 2.07. The molecule has 0 aliphatic carbocycles. The van der Waals surface area contributed by atoms with Crippen LogP contribution in [-0.4, -0.2) is 48.5 Å². The van der Waals surface area contributed by atoms with Gasteiger partial charge in [-0.2, -0.15) is 0 Å². The van der Waals surface area contributed by atoms with Crippen LogP contribution in [0.5, 0.6) is 0 Å². The highest BCUT2D eigenvalue weighted by Crippen LogP contribution is 1.95. The molecule has 3 nitrogen and oxygen atoms in total. The molecular weight excluding hydrogens is 255 g/mol. The van der Waals surface area contributed by atoms with Gasteiger partial charge in [0.05, 0.1) is 24.0 Å². The van der Waals surface area contributed by atoms with E-state index >= 15 is 0 Å². The minimum absolute atomic E-state index is 0.883. The summed E-state index contributed by atoms with van der Waals surface area (Å²) in [6, 6.07) is 0. The standard InChI is InChI=1S/C7H13IN2O/c8-7-9-1-2-10-3-5-11-6-4-10/h7H,1-6H2. The maximum Gasteiger partial charge on any atom is 0.0596 e. The second-order valence-electron chi connectivity index (χ2n) is 2.46. The van der Waals surface area contributed by atoms with Crippen LogP contribution in [0.3, 0.4) is 0 Å². The quantitative estimate of drug-likeness (QED) is 0.558. The Labute approximate surface area is 81.0 Å². The predicted octanol–water partition coefficient (Wildman–Crippen LogP) is 0.782. The number of hydrogen-bond acceptors (Lipinski definition) is 3. The Balaban J connectivity index is 2.04. The summed E-state index contributed by atoms with van der Waals surface area (Å²) in [4.78, 5) is 6.53. The van der Waals surface area contributed by atoms with Gasteiger partial charge in [-0.1, -0.05) is 0 Å². The third-order valence-corrected chi connectivity index (χ3v) is 2.11. The Morgan fingerprint density at radius 1 is 1.45 bits per heavy atom. The molecule has 0 unspecified atom stereocenters. The van der Waals surface area contributed by atoms with Gasteiger partial charge in [0.1, 0.15) is 0 Å². The number of hydrogen-bond donors (Lipinski definition) is 0. The molecule has 0 aromatic carbocycles. The van der Waals surface area contributed by atoms with Crippen molar-refractivity contribution in [2.45, 2.75) is 0 Å². The zero-order chi connectivity index (χ0) is 7.94. The largest absolute Gasteiger partial charge is 0.379 e. The van der Waals surface area contributed by atoms with E-state index in [1.54, 1.807) is 0 Å². The van der Waals surface area contributed by atoms with Crippen molar-refractivity contribution in [1.29, 1.82) is 0 Å². The Morgan fingerprint density at radius 2 is 2.18 bits per heavy atom. The molecule has 0 atom stereocenters. The van der Waals surface area contributed by atoms with Crippen molar-refractivity contribution in [3.8, 4) is 0 Å². The average molecular weight is 268 g/mol. The number of ether oxygens (including phenoxy) is 1. The molecular formula is C7H13IN2O. The van der Waals surface area contributed by atoms with E-state index in [2.05, 4.69) is 32.5 Å². The lowest BCUT2D eigenvalue weighted by Crippen LogP contribution is -2.37. The molecule has 0 spiro atoms. The predicted molar refractivity (Wildman–Crippen MR) is 54.6 cm³/mol. The molecule has 1 aliphatic heterocycles. The van der Waals surface area contributed by atoms with E-state index in [1.807, 2.05) is 4.22 Å². The molecule has 1 aliphatic rings. The Morgan fingerprint density at radius 3 is 2.82 bits per heavy atom. The summed E-state index contributed by atoms with van der Waals surface area (Å²) in [6.45, 7) is 5.89. The van der Waals surface area contributed by atoms with Gasteiger partial charge in [0.2, 0.25) is 0 Å². The van der Waals surface area contributed by atoms with E-state index in [4.69, 9.17) is 4.74 Å². The molecule has 64 valence electrons. The maximum absolute atomic E-state index is 5.22. The van der Waals surface area contributed by atoms with Gasteiger partial charge in [-0.15, -0.1) is 0 Å². The van der Waals surface area contributed by atoms with Gasteiger partial charge in [0.15, 0.2) is 0 Å². The first-order chi connectivity index (χ1) is 5.43. The minimum Gasteiger partial charge on any atom is -0.379 e. The third-order valence-electron chi connectivity index (χ3n) is 1.72. The summed E-state index contributed by atoms with van der Waals surface area (Å²) in [7, 11) is 0. The van der Waals surface area contributed by atoms with Crippen LogP contribution in [0.15, 0.2) is 4.99 Å². The van der Waals surface area contributed by atoms with Crippen LogP contribution < -0.4 is 0 Å². The number of halogens is 1. The first-order valence-electron chi connectivity index (χ1n) is 3.82. The summed E-state index contributed by atoms with van der Waals surface area (Å²) < 4.78 is 7.06. The summed E-state index contributed by atoms with van der Waals surface area (Å²) in [6.07, 6.45) is 0. The topological polar surface area (TPSA) is 24.8 Å². The minimum atomic E-state index is 0.883. The van der Waals surface area contributed by atoms with E-state index < -0.39 is 0 Å². The first kappa shape index (κ1) is 9.41. The second-order valence-corrected chi connectivity index (χ2v) is 3.01. The fourth-order valence-corrected chi connectivity index (χ4v) is 1.35. The zero-order valence-corrected chi connectivity index (χ0v) is 8.66. The molecule has 0 radical (unpaired) electrons. The smallest absolute Gasteiger partial charge is 0.0596 e. The Kier molecular flexibility index (Phi) is 5.05. The number of rotatable bonds is 3. The number of aliphatic imine (C=N–C) groups is 1. The van der Waals surface area contributed by atoms with Crippen LogP contribution in [0.2, 0.25) is 0 Å². The summed E-state index contributed by atoms with van der Waals surface area (Å²) in [5.74, 6) is 0. The number of morpholine rings is 1. The highest BCUT2D eigenvalue weighted by atomic mass is 127. The van der Waals surface area contributed by atoms with Crippen molar-refractivity contribution in [2.75, 3.05) is 39.4 Å². The highest BCUT2D eigenvalue weighted by molar-refractivity contribution is 14.1. The molecule has 0 N–H and O–H groups in total. The van der Waals surface area contributed by atoms with Crippen LogP contribution in [0, 0.1) is 0 Å². The van der Waals surface area contributed by atoms with Crippen molar-refractivity contribution in [2.24, 2.45) is 4.99 Å². The monoisotopic (exact) mass is 268 g/mol. The molecule has 0 saturated carbocycles. The molecule has 11 heavy (non-hydrogen) atoms. The Bertz CT molecular complexity index is 124. The van der Waals surface area contributed by atoms with Gasteiger partial charge in [-0.25, -0.2) is 0 Å². The van der Waals surface area contributed by atoms with Crippen LogP contribution in [0.25, 0.3) is 0 Å². The van der Waals surface area contributed by atoms with Crippen molar-refractivity contribution in [3.63, 3.8) is 0 Å². The van der Waals surface area contributed by atoms with Gasteiger partial charge >= 0.3 is 0 Å². The lowest BCUT2D eigenvalue weighted by atomic mass is 10.4. The third kappa shape index (κ3) is 4.03. The van der Waals surface area contributed by atoms with Crippen LogP contribution in [0.4, 0.5) is 0 Å². The van der Waals surface area contributed by atoms with E-state index in [0.717, 1.165) is 39.4 Å². The SMILES string of the molecule is IC=NCCN1CCOCC1. The van der Waals surface area contributed by atoms with E-state index in [9.17, 15) is 0 Å². The van der Waals surface area contributed by atoms with Crippen molar-refractivity contribution < 1.29 is 4.74 Å². The lowest BCUT2D eigenvalue weighted by molar-refractivity contribution is 0.0395. The fraction of sp³-hybridized carbons (Fsp3) is 0.857. The van der Waals surface area contributed by atoms with Gasteiger partial charge in [-0.05, 0) is 22.6 Å². The molecule has 1 rings (SSSR count). The molecule has 0 aromatic heterocycles. The van der Waals surface area contributed by atoms with E-state index in [-0.39, 0.29) is 0 Å². The van der Waals surface area contributed by atoms with Crippen LogP contribution in [0.1, 0.15) is 0 Å². The molecule has 1 heterocycles. The molecule has 0 aromatic rings. The van der Waals surface area contributed by atoms with E-state index in [0.29, 0.717) is 0 Å². The van der Waals surface area contributed by atoms with Gasteiger partial charge in [0, 0.05) is 19.6 Å².